The lowest BCUT2D eigenvalue weighted by Gasteiger charge is -2.09. The highest BCUT2D eigenvalue weighted by molar-refractivity contribution is 7.10. The minimum Gasteiger partial charge on any atom is -0.480 e. The van der Waals surface area contributed by atoms with Crippen molar-refractivity contribution in [1.29, 1.82) is 0 Å². The molecule has 0 amide bonds. The molecule has 0 aliphatic carbocycles. The van der Waals surface area contributed by atoms with Crippen molar-refractivity contribution in [3.63, 3.8) is 0 Å². The van der Waals surface area contributed by atoms with Gasteiger partial charge in [0.15, 0.2) is 5.75 Å². The first-order valence-corrected chi connectivity index (χ1v) is 6.82. The smallest absolute Gasteiger partial charge is 0.311 e. The predicted octanol–water partition coefficient (Wildman–Crippen LogP) is 2.77. The molecule has 1 aromatic heterocycles. The maximum Gasteiger partial charge on any atom is 0.311 e. The lowest BCUT2D eigenvalue weighted by atomic mass is 10.2. The first-order valence-electron chi connectivity index (χ1n) is 6.05. The SMILES string of the molecule is CCNc1snnc1COc1c(C)cccc1[N+](=O)[O-]. The number of ether oxygens (including phenoxy) is 1. The van der Waals surface area contributed by atoms with Crippen molar-refractivity contribution in [3.8, 4) is 5.75 Å². The summed E-state index contributed by atoms with van der Waals surface area (Å²) in [4.78, 5) is 10.5. The van der Waals surface area contributed by atoms with E-state index >= 15 is 0 Å². The Morgan fingerprint density at radius 2 is 2.30 bits per heavy atom. The van der Waals surface area contributed by atoms with Crippen LogP contribution in [0.1, 0.15) is 18.2 Å². The molecular formula is C12H14N4O3S. The van der Waals surface area contributed by atoms with Gasteiger partial charge in [-0.15, -0.1) is 5.10 Å². The van der Waals surface area contributed by atoms with E-state index in [0.717, 1.165) is 11.5 Å². The number of nitro groups is 1. The maximum atomic E-state index is 11.0. The quantitative estimate of drug-likeness (QED) is 0.650. The number of hydrogen-bond acceptors (Lipinski definition) is 7. The van der Waals surface area contributed by atoms with E-state index in [-0.39, 0.29) is 18.0 Å². The number of hydrogen-bond donors (Lipinski definition) is 1. The number of aryl methyl sites for hydroxylation is 1. The molecule has 20 heavy (non-hydrogen) atoms. The molecule has 0 radical (unpaired) electrons. The van der Waals surface area contributed by atoms with Gasteiger partial charge in [-0.2, -0.15) is 0 Å². The summed E-state index contributed by atoms with van der Waals surface area (Å²) in [7, 11) is 0. The monoisotopic (exact) mass is 294 g/mol. The largest absolute Gasteiger partial charge is 0.480 e. The van der Waals surface area contributed by atoms with Crippen molar-refractivity contribution in [2.75, 3.05) is 11.9 Å². The van der Waals surface area contributed by atoms with Crippen molar-refractivity contribution in [2.45, 2.75) is 20.5 Å². The molecule has 0 saturated carbocycles. The molecule has 0 aliphatic heterocycles. The third kappa shape index (κ3) is 3.02. The van der Waals surface area contributed by atoms with Crippen LogP contribution in [-0.4, -0.2) is 21.1 Å². The van der Waals surface area contributed by atoms with E-state index in [1.165, 1.54) is 17.6 Å². The van der Waals surface area contributed by atoms with Crippen molar-refractivity contribution >= 4 is 22.2 Å². The number of nitrogens with one attached hydrogen (secondary N) is 1. The van der Waals surface area contributed by atoms with Gasteiger partial charge in [-0.05, 0) is 19.4 Å². The molecule has 0 fully saturated rings. The fourth-order valence-corrected chi connectivity index (χ4v) is 2.34. The van der Waals surface area contributed by atoms with Crippen molar-refractivity contribution < 1.29 is 9.66 Å². The number of nitro benzene ring substituents is 1. The van der Waals surface area contributed by atoms with Crippen molar-refractivity contribution in [1.82, 2.24) is 9.59 Å². The molecular weight excluding hydrogens is 280 g/mol. The number of para-hydroxylation sites is 1. The number of rotatable bonds is 6. The number of benzene rings is 1. The van der Waals surface area contributed by atoms with E-state index in [9.17, 15) is 10.1 Å². The zero-order valence-electron chi connectivity index (χ0n) is 11.1. The molecule has 8 heteroatoms. The van der Waals surface area contributed by atoms with Gasteiger partial charge in [0.05, 0.1) is 4.92 Å². The van der Waals surface area contributed by atoms with E-state index in [1.807, 2.05) is 6.92 Å². The third-order valence-electron chi connectivity index (χ3n) is 2.63. The van der Waals surface area contributed by atoms with Crippen molar-refractivity contribution in [3.05, 3.63) is 39.6 Å². The number of nitrogens with zero attached hydrogens (tertiary/aromatic N) is 3. The Hall–Kier alpha value is -2.22. The van der Waals surface area contributed by atoms with E-state index in [0.29, 0.717) is 11.3 Å². The molecule has 7 nitrogen and oxygen atoms in total. The number of aromatic nitrogens is 2. The summed E-state index contributed by atoms with van der Waals surface area (Å²) in [5, 5.41) is 18.9. The molecule has 0 atom stereocenters. The molecule has 106 valence electrons. The van der Waals surface area contributed by atoms with Crippen LogP contribution in [0.4, 0.5) is 10.7 Å². The normalized spacial score (nSPS) is 10.3. The molecule has 1 N–H and O–H groups in total. The Kier molecular flexibility index (Phi) is 4.46. The van der Waals surface area contributed by atoms with Gasteiger partial charge in [0, 0.05) is 24.1 Å². The molecule has 0 aliphatic rings. The second-order valence-corrected chi connectivity index (χ2v) is 4.80. The summed E-state index contributed by atoms with van der Waals surface area (Å²) in [6, 6.07) is 4.83. The molecule has 0 spiro atoms. The Balaban J connectivity index is 2.18. The highest BCUT2D eigenvalue weighted by atomic mass is 32.1. The summed E-state index contributed by atoms with van der Waals surface area (Å²) in [6.45, 7) is 4.63. The van der Waals surface area contributed by atoms with Crippen LogP contribution >= 0.6 is 11.5 Å². The van der Waals surface area contributed by atoms with Gasteiger partial charge in [0.25, 0.3) is 0 Å². The predicted molar refractivity (Wildman–Crippen MR) is 76.2 cm³/mol. The van der Waals surface area contributed by atoms with E-state index in [4.69, 9.17) is 4.74 Å². The minimum absolute atomic E-state index is 0.0433. The van der Waals surface area contributed by atoms with Crippen LogP contribution in [0.2, 0.25) is 0 Å². The molecule has 0 unspecified atom stereocenters. The standard InChI is InChI=1S/C12H14N4O3S/c1-3-13-12-9(14-15-20-12)7-19-11-8(2)5-4-6-10(11)16(17)18/h4-6,13H,3,7H2,1-2H3. The van der Waals surface area contributed by atoms with Gasteiger partial charge in [-0.3, -0.25) is 10.1 Å². The van der Waals surface area contributed by atoms with Crippen LogP contribution in [0, 0.1) is 17.0 Å². The zero-order chi connectivity index (χ0) is 14.5. The maximum absolute atomic E-state index is 11.0. The fourth-order valence-electron chi connectivity index (χ4n) is 1.71. The van der Waals surface area contributed by atoms with Gasteiger partial charge in [-0.25, -0.2) is 0 Å². The summed E-state index contributed by atoms with van der Waals surface area (Å²) < 4.78 is 9.43. The van der Waals surface area contributed by atoms with Crippen molar-refractivity contribution in [2.24, 2.45) is 0 Å². The van der Waals surface area contributed by atoms with Crippen LogP contribution in [0.15, 0.2) is 18.2 Å². The van der Waals surface area contributed by atoms with Crippen LogP contribution in [0.3, 0.4) is 0 Å². The first-order chi connectivity index (χ1) is 9.63. The molecule has 1 heterocycles. The van der Waals surface area contributed by atoms with E-state index < -0.39 is 4.92 Å². The Morgan fingerprint density at radius 1 is 1.50 bits per heavy atom. The second-order valence-electron chi connectivity index (χ2n) is 4.05. The highest BCUT2D eigenvalue weighted by Gasteiger charge is 2.18. The summed E-state index contributed by atoms with van der Waals surface area (Å²) >= 11 is 1.24. The second kappa shape index (κ2) is 6.29. The lowest BCUT2D eigenvalue weighted by molar-refractivity contribution is -0.386. The summed E-state index contributed by atoms with van der Waals surface area (Å²) in [5.41, 5.74) is 1.32. The Labute approximate surface area is 119 Å². The summed E-state index contributed by atoms with van der Waals surface area (Å²) in [6.07, 6.45) is 0. The molecule has 1 aromatic carbocycles. The number of anilines is 1. The van der Waals surface area contributed by atoms with Gasteiger partial charge < -0.3 is 10.1 Å². The topological polar surface area (TPSA) is 90.2 Å². The van der Waals surface area contributed by atoms with Crippen LogP contribution in [0.5, 0.6) is 5.75 Å². The highest BCUT2D eigenvalue weighted by Crippen LogP contribution is 2.31. The molecule has 0 saturated heterocycles. The fraction of sp³-hybridized carbons (Fsp3) is 0.333. The van der Waals surface area contributed by atoms with Gasteiger partial charge in [0.1, 0.15) is 17.3 Å². The average Bonchev–Trinajstić information content (AvgIpc) is 2.85. The first kappa shape index (κ1) is 14.2. The molecule has 2 aromatic rings. The Morgan fingerprint density at radius 3 is 3.00 bits per heavy atom. The average molecular weight is 294 g/mol. The minimum atomic E-state index is -0.452. The van der Waals surface area contributed by atoms with Gasteiger partial charge >= 0.3 is 5.69 Å². The van der Waals surface area contributed by atoms with E-state index in [2.05, 4.69) is 14.9 Å². The van der Waals surface area contributed by atoms with E-state index in [1.54, 1.807) is 19.1 Å². The summed E-state index contributed by atoms with van der Waals surface area (Å²) in [5.74, 6) is 0.271. The molecule has 2 rings (SSSR count). The zero-order valence-corrected chi connectivity index (χ0v) is 11.9. The lowest BCUT2D eigenvalue weighted by Crippen LogP contribution is -2.04. The van der Waals surface area contributed by atoms with Crippen LogP contribution in [-0.2, 0) is 6.61 Å². The van der Waals surface area contributed by atoms with Crippen LogP contribution < -0.4 is 10.1 Å². The Bertz CT molecular complexity index is 614. The molecule has 0 bridgehead atoms. The van der Waals surface area contributed by atoms with Crippen LogP contribution in [0.25, 0.3) is 0 Å². The third-order valence-corrected chi connectivity index (χ3v) is 3.36. The van der Waals surface area contributed by atoms with Gasteiger partial charge in [-0.1, -0.05) is 16.6 Å². The van der Waals surface area contributed by atoms with Gasteiger partial charge in [0.2, 0.25) is 0 Å².